The first kappa shape index (κ1) is 15.9. The van der Waals surface area contributed by atoms with Crippen LogP contribution in [-0.4, -0.2) is 29.1 Å². The number of hydrogen-bond donors (Lipinski definition) is 0. The van der Waals surface area contributed by atoms with Crippen molar-refractivity contribution in [2.75, 3.05) is 6.54 Å². The zero-order valence-corrected chi connectivity index (χ0v) is 13.2. The van der Waals surface area contributed by atoms with Crippen molar-refractivity contribution >= 4 is 12.1 Å². The third-order valence-electron chi connectivity index (χ3n) is 3.80. The first-order valence-corrected chi connectivity index (χ1v) is 7.74. The molecule has 1 amide bonds. The number of ether oxygens (including phenoxy) is 2. The standard InChI is InChI=1S/C16H25NO4/c1-16(2,3)21-15(19)17-10-14(18)20-11-13(17)9-12-7-5-4-6-8-12/h11-12H,4-10H2,1-3H3. The van der Waals surface area contributed by atoms with Crippen LogP contribution in [0.4, 0.5) is 4.79 Å². The minimum absolute atomic E-state index is 0.0620. The number of allylic oxidation sites excluding steroid dienone is 1. The van der Waals surface area contributed by atoms with Gasteiger partial charge in [-0.3, -0.25) is 4.90 Å². The van der Waals surface area contributed by atoms with E-state index in [1.54, 1.807) is 0 Å². The number of carbonyl (C=O) groups is 2. The van der Waals surface area contributed by atoms with Gasteiger partial charge in [-0.1, -0.05) is 32.1 Å². The Morgan fingerprint density at radius 1 is 1.33 bits per heavy atom. The van der Waals surface area contributed by atoms with Crippen molar-refractivity contribution in [3.8, 4) is 0 Å². The summed E-state index contributed by atoms with van der Waals surface area (Å²) in [5.74, 6) is 0.139. The molecule has 0 aromatic rings. The molecule has 0 aromatic carbocycles. The van der Waals surface area contributed by atoms with Crippen LogP contribution in [0.25, 0.3) is 0 Å². The summed E-state index contributed by atoms with van der Waals surface area (Å²) in [6.45, 7) is 5.39. The molecule has 1 aliphatic carbocycles. The van der Waals surface area contributed by atoms with E-state index in [0.717, 1.165) is 12.1 Å². The Labute approximate surface area is 126 Å². The van der Waals surface area contributed by atoms with Gasteiger partial charge in [0.25, 0.3) is 0 Å². The summed E-state index contributed by atoms with van der Waals surface area (Å²) in [5, 5.41) is 0. The molecule has 0 N–H and O–H groups in total. The van der Waals surface area contributed by atoms with E-state index < -0.39 is 17.7 Å². The molecule has 5 heteroatoms. The second-order valence-electron chi connectivity index (χ2n) is 6.87. The summed E-state index contributed by atoms with van der Waals surface area (Å²) in [4.78, 5) is 25.2. The van der Waals surface area contributed by atoms with Crippen LogP contribution < -0.4 is 0 Å². The zero-order chi connectivity index (χ0) is 15.5. The maximum absolute atomic E-state index is 12.3. The van der Waals surface area contributed by atoms with Crippen LogP contribution >= 0.6 is 0 Å². The van der Waals surface area contributed by atoms with Crippen molar-refractivity contribution in [1.82, 2.24) is 4.90 Å². The van der Waals surface area contributed by atoms with Crippen molar-refractivity contribution in [3.63, 3.8) is 0 Å². The lowest BCUT2D eigenvalue weighted by molar-refractivity contribution is -0.140. The van der Waals surface area contributed by atoms with Crippen molar-refractivity contribution < 1.29 is 19.1 Å². The van der Waals surface area contributed by atoms with Crippen LogP contribution in [0, 0.1) is 5.92 Å². The Hall–Kier alpha value is -1.52. The van der Waals surface area contributed by atoms with Gasteiger partial charge in [-0.25, -0.2) is 9.59 Å². The van der Waals surface area contributed by atoms with Crippen LogP contribution in [0.5, 0.6) is 0 Å². The molecular formula is C16H25NO4. The molecule has 0 radical (unpaired) electrons. The van der Waals surface area contributed by atoms with Gasteiger partial charge < -0.3 is 9.47 Å². The summed E-state index contributed by atoms with van der Waals surface area (Å²) in [6.07, 6.45) is 7.84. The highest BCUT2D eigenvalue weighted by atomic mass is 16.6. The first-order valence-electron chi connectivity index (χ1n) is 7.74. The third kappa shape index (κ3) is 4.76. The van der Waals surface area contributed by atoms with Crippen LogP contribution in [-0.2, 0) is 14.3 Å². The van der Waals surface area contributed by atoms with Crippen LogP contribution in [0.15, 0.2) is 12.0 Å². The minimum atomic E-state index is -0.575. The molecule has 21 heavy (non-hydrogen) atoms. The van der Waals surface area contributed by atoms with E-state index in [2.05, 4.69) is 0 Å². The second kappa shape index (κ2) is 6.50. The topological polar surface area (TPSA) is 55.8 Å². The highest BCUT2D eigenvalue weighted by Crippen LogP contribution is 2.31. The summed E-state index contributed by atoms with van der Waals surface area (Å²) >= 11 is 0. The van der Waals surface area contributed by atoms with E-state index in [1.807, 2.05) is 20.8 Å². The molecule has 0 aromatic heterocycles. The summed E-state index contributed by atoms with van der Waals surface area (Å²) in [6, 6.07) is 0. The Bertz CT molecular complexity index is 430. The van der Waals surface area contributed by atoms with Gasteiger partial charge in [-0.05, 0) is 33.1 Å². The van der Waals surface area contributed by atoms with Crippen molar-refractivity contribution in [3.05, 3.63) is 12.0 Å². The fourth-order valence-electron chi connectivity index (χ4n) is 2.81. The molecule has 5 nitrogen and oxygen atoms in total. The molecule has 0 saturated heterocycles. The predicted octanol–water partition coefficient (Wildman–Crippen LogP) is 3.59. The number of hydrogen-bond acceptors (Lipinski definition) is 4. The summed E-state index contributed by atoms with van der Waals surface area (Å²) in [5.41, 5.74) is 0.185. The van der Waals surface area contributed by atoms with E-state index in [-0.39, 0.29) is 6.54 Å². The number of carbonyl (C=O) groups excluding carboxylic acids is 2. The lowest BCUT2D eigenvalue weighted by atomic mass is 9.86. The van der Waals surface area contributed by atoms with Crippen molar-refractivity contribution in [2.24, 2.45) is 5.92 Å². The molecule has 0 bridgehead atoms. The van der Waals surface area contributed by atoms with Gasteiger partial charge in [-0.15, -0.1) is 0 Å². The van der Waals surface area contributed by atoms with Gasteiger partial charge in [0.2, 0.25) is 0 Å². The third-order valence-corrected chi connectivity index (χ3v) is 3.80. The largest absolute Gasteiger partial charge is 0.443 e. The molecule has 2 aliphatic rings. The van der Waals surface area contributed by atoms with Crippen LogP contribution in [0.3, 0.4) is 0 Å². The van der Waals surface area contributed by atoms with Crippen LogP contribution in [0.1, 0.15) is 59.3 Å². The lowest BCUT2D eigenvalue weighted by Gasteiger charge is -2.32. The van der Waals surface area contributed by atoms with Crippen LogP contribution in [0.2, 0.25) is 0 Å². The van der Waals surface area contributed by atoms with Crippen molar-refractivity contribution in [1.29, 1.82) is 0 Å². The van der Waals surface area contributed by atoms with Gasteiger partial charge in [0.15, 0.2) is 0 Å². The average molecular weight is 295 g/mol. The highest BCUT2D eigenvalue weighted by Gasteiger charge is 2.31. The van der Waals surface area contributed by atoms with E-state index in [9.17, 15) is 9.59 Å². The lowest BCUT2D eigenvalue weighted by Crippen LogP contribution is -2.42. The smallest absolute Gasteiger partial charge is 0.415 e. The summed E-state index contributed by atoms with van der Waals surface area (Å²) in [7, 11) is 0. The molecule has 1 saturated carbocycles. The zero-order valence-electron chi connectivity index (χ0n) is 13.2. The maximum Gasteiger partial charge on any atom is 0.415 e. The highest BCUT2D eigenvalue weighted by molar-refractivity contribution is 5.81. The molecule has 1 aliphatic heterocycles. The van der Waals surface area contributed by atoms with Gasteiger partial charge >= 0.3 is 12.1 Å². The predicted molar refractivity (Wildman–Crippen MR) is 78.3 cm³/mol. The van der Waals surface area contributed by atoms with Gasteiger partial charge in [0, 0.05) is 0 Å². The second-order valence-corrected chi connectivity index (χ2v) is 6.87. The Balaban J connectivity index is 2.04. The molecule has 2 rings (SSSR count). The Kier molecular flexibility index (Phi) is 4.91. The van der Waals surface area contributed by atoms with Gasteiger partial charge in [-0.2, -0.15) is 0 Å². The first-order chi connectivity index (χ1) is 9.85. The van der Waals surface area contributed by atoms with Crippen molar-refractivity contribution in [2.45, 2.75) is 64.9 Å². The van der Waals surface area contributed by atoms with E-state index in [4.69, 9.17) is 9.47 Å². The summed E-state index contributed by atoms with van der Waals surface area (Å²) < 4.78 is 10.4. The van der Waals surface area contributed by atoms with E-state index in [0.29, 0.717) is 5.92 Å². The molecule has 0 spiro atoms. The molecule has 1 heterocycles. The number of amides is 1. The maximum atomic E-state index is 12.3. The SMILES string of the molecule is CC(C)(C)OC(=O)N1CC(=O)OC=C1CC1CCCCC1. The number of nitrogens with zero attached hydrogens (tertiary/aromatic N) is 1. The average Bonchev–Trinajstić information content (AvgIpc) is 2.40. The fourth-order valence-corrected chi connectivity index (χ4v) is 2.81. The normalized spacial score (nSPS) is 20.8. The number of esters is 1. The van der Waals surface area contributed by atoms with E-state index >= 15 is 0 Å². The Morgan fingerprint density at radius 3 is 2.62 bits per heavy atom. The molecule has 1 fully saturated rings. The minimum Gasteiger partial charge on any atom is -0.443 e. The quantitative estimate of drug-likeness (QED) is 0.730. The number of rotatable bonds is 2. The molecular weight excluding hydrogens is 270 g/mol. The molecule has 0 unspecified atom stereocenters. The molecule has 0 atom stereocenters. The Morgan fingerprint density at radius 2 is 2.00 bits per heavy atom. The molecule has 118 valence electrons. The number of cyclic esters (lactones) is 1. The fraction of sp³-hybridized carbons (Fsp3) is 0.750. The monoisotopic (exact) mass is 295 g/mol. The van der Waals surface area contributed by atoms with Gasteiger partial charge in [0.1, 0.15) is 18.4 Å². The van der Waals surface area contributed by atoms with Gasteiger partial charge in [0.05, 0.1) is 5.70 Å². The van der Waals surface area contributed by atoms with E-state index in [1.165, 1.54) is 43.3 Å².